The first kappa shape index (κ1) is 24.8. The summed E-state index contributed by atoms with van der Waals surface area (Å²) in [5.41, 5.74) is 2.85. The van der Waals surface area contributed by atoms with Crippen molar-refractivity contribution >= 4 is 17.7 Å². The molecule has 172 valence electrons. The first-order valence-electron chi connectivity index (χ1n) is 10.2. The predicted octanol–water partition coefficient (Wildman–Crippen LogP) is 1.64. The molecule has 0 amide bonds. The SMILES string of the molecule is O=C(O)C(=O)O.O=C1CCCc2c(OCC(O)CNCCc3ccc(O)cc3)cccc21. The van der Waals surface area contributed by atoms with Crippen LogP contribution in [-0.4, -0.2) is 63.9 Å². The Hall–Kier alpha value is -3.43. The number of carbonyl (C=O) groups is 3. The number of aliphatic hydroxyl groups excluding tert-OH is 1. The summed E-state index contributed by atoms with van der Waals surface area (Å²) in [5, 5.41) is 37.4. The third kappa shape index (κ3) is 8.01. The maximum atomic E-state index is 12.0. The summed E-state index contributed by atoms with van der Waals surface area (Å²) in [6, 6.07) is 12.7. The monoisotopic (exact) mass is 445 g/mol. The van der Waals surface area contributed by atoms with Crippen LogP contribution in [0, 0.1) is 0 Å². The lowest BCUT2D eigenvalue weighted by molar-refractivity contribution is -0.159. The average Bonchev–Trinajstić information content (AvgIpc) is 2.77. The van der Waals surface area contributed by atoms with Crippen LogP contribution >= 0.6 is 0 Å². The van der Waals surface area contributed by atoms with Crippen LogP contribution in [0.2, 0.25) is 0 Å². The molecule has 32 heavy (non-hydrogen) atoms. The molecule has 0 radical (unpaired) electrons. The molecule has 9 nitrogen and oxygen atoms in total. The van der Waals surface area contributed by atoms with Gasteiger partial charge in [-0.3, -0.25) is 4.79 Å². The van der Waals surface area contributed by atoms with E-state index in [-0.39, 0.29) is 18.1 Å². The molecular weight excluding hydrogens is 418 g/mol. The minimum Gasteiger partial charge on any atom is -0.508 e. The van der Waals surface area contributed by atoms with Crippen LogP contribution in [0.5, 0.6) is 11.5 Å². The molecule has 0 spiro atoms. The Labute approximate surface area is 185 Å². The average molecular weight is 445 g/mol. The number of Topliss-reactive ketones (excluding diaryl/α,β-unsaturated/α-hetero) is 1. The van der Waals surface area contributed by atoms with Gasteiger partial charge in [0, 0.05) is 24.1 Å². The summed E-state index contributed by atoms with van der Waals surface area (Å²) in [6.07, 6.45) is 2.50. The highest BCUT2D eigenvalue weighted by Gasteiger charge is 2.20. The summed E-state index contributed by atoms with van der Waals surface area (Å²) in [4.78, 5) is 30.2. The highest BCUT2D eigenvalue weighted by atomic mass is 16.5. The van der Waals surface area contributed by atoms with Gasteiger partial charge >= 0.3 is 11.9 Å². The lowest BCUT2D eigenvalue weighted by Gasteiger charge is -2.20. The van der Waals surface area contributed by atoms with E-state index in [9.17, 15) is 15.0 Å². The quantitative estimate of drug-likeness (QED) is 0.301. The van der Waals surface area contributed by atoms with Crippen LogP contribution < -0.4 is 10.1 Å². The van der Waals surface area contributed by atoms with Gasteiger partial charge in [-0.05, 0) is 49.6 Å². The molecule has 0 heterocycles. The van der Waals surface area contributed by atoms with Crippen LogP contribution in [0.4, 0.5) is 0 Å². The fourth-order valence-corrected chi connectivity index (χ4v) is 3.19. The van der Waals surface area contributed by atoms with E-state index in [1.54, 1.807) is 12.1 Å². The number of hydrogen-bond acceptors (Lipinski definition) is 7. The number of phenols is 1. The van der Waals surface area contributed by atoms with Gasteiger partial charge in [0.05, 0.1) is 0 Å². The van der Waals surface area contributed by atoms with Crippen LogP contribution in [0.1, 0.15) is 34.3 Å². The third-order valence-electron chi connectivity index (χ3n) is 4.78. The van der Waals surface area contributed by atoms with Gasteiger partial charge in [-0.25, -0.2) is 9.59 Å². The maximum absolute atomic E-state index is 12.0. The van der Waals surface area contributed by atoms with Gasteiger partial charge in [0.2, 0.25) is 0 Å². The number of aliphatic hydroxyl groups is 1. The minimum absolute atomic E-state index is 0.174. The molecule has 2 aromatic carbocycles. The maximum Gasteiger partial charge on any atom is 0.414 e. The number of nitrogens with one attached hydrogen (secondary N) is 1. The number of carbonyl (C=O) groups excluding carboxylic acids is 1. The molecule has 2 aromatic rings. The Morgan fingerprint density at radius 1 is 1.03 bits per heavy atom. The molecule has 1 atom stereocenters. The molecule has 9 heteroatoms. The number of carboxylic acids is 2. The first-order chi connectivity index (χ1) is 15.3. The second kappa shape index (κ2) is 12.4. The van der Waals surface area contributed by atoms with E-state index in [1.807, 2.05) is 30.3 Å². The highest BCUT2D eigenvalue weighted by molar-refractivity contribution is 6.27. The molecule has 0 aliphatic heterocycles. The molecule has 0 saturated carbocycles. The third-order valence-corrected chi connectivity index (χ3v) is 4.78. The first-order valence-corrected chi connectivity index (χ1v) is 10.2. The summed E-state index contributed by atoms with van der Waals surface area (Å²) in [7, 11) is 0. The molecule has 0 bridgehead atoms. The number of ether oxygens (including phenoxy) is 1. The van der Waals surface area contributed by atoms with E-state index in [2.05, 4.69) is 5.32 Å². The van der Waals surface area contributed by atoms with E-state index in [4.69, 9.17) is 24.5 Å². The largest absolute Gasteiger partial charge is 0.508 e. The number of rotatable bonds is 8. The van der Waals surface area contributed by atoms with Gasteiger partial charge in [-0.2, -0.15) is 0 Å². The zero-order chi connectivity index (χ0) is 23.5. The summed E-state index contributed by atoms with van der Waals surface area (Å²) in [6.45, 7) is 1.36. The van der Waals surface area contributed by atoms with Gasteiger partial charge in [-0.15, -0.1) is 0 Å². The summed E-state index contributed by atoms with van der Waals surface area (Å²) >= 11 is 0. The Balaban J connectivity index is 0.000000534. The Kier molecular flexibility index (Phi) is 9.65. The Morgan fingerprint density at radius 3 is 2.38 bits per heavy atom. The second-order valence-corrected chi connectivity index (χ2v) is 7.25. The molecule has 0 fully saturated rings. The smallest absolute Gasteiger partial charge is 0.414 e. The van der Waals surface area contributed by atoms with Crippen LogP contribution in [-0.2, 0) is 22.4 Å². The number of fused-ring (bicyclic) bond motifs is 1. The van der Waals surface area contributed by atoms with Gasteiger partial charge < -0.3 is 30.5 Å². The van der Waals surface area contributed by atoms with Crippen LogP contribution in [0.15, 0.2) is 42.5 Å². The van der Waals surface area contributed by atoms with E-state index in [0.29, 0.717) is 18.7 Å². The molecule has 0 saturated heterocycles. The number of benzene rings is 2. The van der Waals surface area contributed by atoms with Crippen molar-refractivity contribution in [2.75, 3.05) is 19.7 Å². The van der Waals surface area contributed by atoms with Crippen molar-refractivity contribution in [2.24, 2.45) is 0 Å². The summed E-state index contributed by atoms with van der Waals surface area (Å²) in [5.74, 6) is -2.50. The van der Waals surface area contributed by atoms with Crippen molar-refractivity contribution in [3.05, 3.63) is 59.2 Å². The predicted molar refractivity (Wildman–Crippen MR) is 115 cm³/mol. The Morgan fingerprint density at radius 2 is 1.72 bits per heavy atom. The molecular formula is C23H27NO8. The number of aliphatic carboxylic acids is 2. The Bertz CT molecular complexity index is 914. The number of phenolic OH excluding ortho intramolecular Hbond substituents is 1. The number of ketones is 1. The standard InChI is InChI=1S/C21H25NO4.C2H2O4/c23-16-9-7-15(8-10-16)11-12-22-13-17(24)14-26-21-6-2-3-18-19(21)4-1-5-20(18)25;3-1(4)2(5)6/h2-3,6-10,17,22-24H,1,4-5,11-14H2;(H,3,4)(H,5,6). The fraction of sp³-hybridized carbons (Fsp3) is 0.348. The zero-order valence-corrected chi connectivity index (χ0v) is 17.5. The van der Waals surface area contributed by atoms with Gasteiger partial charge in [0.1, 0.15) is 24.2 Å². The molecule has 0 aromatic heterocycles. The van der Waals surface area contributed by atoms with Crippen molar-refractivity contribution in [1.82, 2.24) is 5.32 Å². The number of aromatic hydroxyl groups is 1. The number of hydrogen-bond donors (Lipinski definition) is 5. The van der Waals surface area contributed by atoms with Crippen LogP contribution in [0.3, 0.4) is 0 Å². The van der Waals surface area contributed by atoms with E-state index < -0.39 is 18.0 Å². The lowest BCUT2D eigenvalue weighted by Crippen LogP contribution is -2.32. The van der Waals surface area contributed by atoms with Gasteiger partial charge in [0.15, 0.2) is 5.78 Å². The minimum atomic E-state index is -1.82. The topological polar surface area (TPSA) is 153 Å². The van der Waals surface area contributed by atoms with Crippen molar-refractivity contribution in [1.29, 1.82) is 0 Å². The normalized spacial score (nSPS) is 13.3. The molecule has 5 N–H and O–H groups in total. The molecule has 1 aliphatic rings. The molecule has 1 aliphatic carbocycles. The fourth-order valence-electron chi connectivity index (χ4n) is 3.19. The van der Waals surface area contributed by atoms with Crippen molar-refractivity contribution < 1.29 is 39.5 Å². The van der Waals surface area contributed by atoms with Gasteiger partial charge in [-0.1, -0.05) is 24.3 Å². The lowest BCUT2D eigenvalue weighted by atomic mass is 9.90. The van der Waals surface area contributed by atoms with Crippen molar-refractivity contribution in [2.45, 2.75) is 31.8 Å². The van der Waals surface area contributed by atoms with Crippen LogP contribution in [0.25, 0.3) is 0 Å². The second-order valence-electron chi connectivity index (χ2n) is 7.25. The molecule has 3 rings (SSSR count). The van der Waals surface area contributed by atoms with Crippen molar-refractivity contribution in [3.8, 4) is 11.5 Å². The molecule has 1 unspecified atom stereocenters. The highest BCUT2D eigenvalue weighted by Crippen LogP contribution is 2.29. The number of carboxylic acid groups (broad SMARTS) is 2. The van der Waals surface area contributed by atoms with E-state index in [1.165, 1.54) is 0 Å². The summed E-state index contributed by atoms with van der Waals surface area (Å²) < 4.78 is 5.77. The van der Waals surface area contributed by atoms with Gasteiger partial charge in [0.25, 0.3) is 0 Å². The zero-order valence-electron chi connectivity index (χ0n) is 17.5. The van der Waals surface area contributed by atoms with Crippen molar-refractivity contribution in [3.63, 3.8) is 0 Å². The van der Waals surface area contributed by atoms with E-state index in [0.717, 1.165) is 42.5 Å². The van der Waals surface area contributed by atoms with E-state index >= 15 is 0 Å².